The first-order valence-corrected chi connectivity index (χ1v) is 5.00. The zero-order chi connectivity index (χ0) is 10.1. The van der Waals surface area contributed by atoms with Gasteiger partial charge < -0.3 is 4.57 Å². The van der Waals surface area contributed by atoms with Gasteiger partial charge >= 0.3 is 0 Å². The van der Waals surface area contributed by atoms with Crippen molar-refractivity contribution in [1.29, 1.82) is 0 Å². The van der Waals surface area contributed by atoms with Gasteiger partial charge in [0.2, 0.25) is 0 Å². The highest BCUT2D eigenvalue weighted by atomic mass is 79.9. The first kappa shape index (κ1) is 9.61. The predicted octanol–water partition coefficient (Wildman–Crippen LogP) is 2.29. The maximum atomic E-state index is 5.84. The highest BCUT2D eigenvalue weighted by Gasteiger charge is 2.06. The maximum absolute atomic E-state index is 5.84. The van der Waals surface area contributed by atoms with Crippen LogP contribution in [0.5, 0.6) is 0 Å². The molecular formula is C8H6BrClN4. The molecule has 2 heterocycles. The normalized spacial score (nSPS) is 10.5. The van der Waals surface area contributed by atoms with Crippen molar-refractivity contribution in [3.05, 3.63) is 28.3 Å². The van der Waals surface area contributed by atoms with Crippen LogP contribution >= 0.6 is 27.5 Å². The van der Waals surface area contributed by atoms with E-state index in [1.165, 1.54) is 0 Å². The standard InChI is InChI=1S/C8H6BrClN4/c1-14-3-6(12-4-14)8-11-2-5(9)7(10)13-8/h2-4H,1H3. The van der Waals surface area contributed by atoms with Crippen molar-refractivity contribution in [2.24, 2.45) is 7.05 Å². The van der Waals surface area contributed by atoms with E-state index < -0.39 is 0 Å². The van der Waals surface area contributed by atoms with Crippen LogP contribution in [-0.4, -0.2) is 19.5 Å². The summed E-state index contributed by atoms with van der Waals surface area (Å²) in [5, 5.41) is 0.389. The molecule has 6 heteroatoms. The van der Waals surface area contributed by atoms with Crippen molar-refractivity contribution in [1.82, 2.24) is 19.5 Å². The van der Waals surface area contributed by atoms with E-state index in [4.69, 9.17) is 11.6 Å². The van der Waals surface area contributed by atoms with Gasteiger partial charge in [-0.1, -0.05) is 11.6 Å². The van der Waals surface area contributed by atoms with E-state index in [2.05, 4.69) is 30.9 Å². The molecule has 0 unspecified atom stereocenters. The minimum atomic E-state index is 0.389. The van der Waals surface area contributed by atoms with Gasteiger partial charge in [0.15, 0.2) is 5.82 Å². The third-order valence-electron chi connectivity index (χ3n) is 1.64. The third-order valence-corrected chi connectivity index (χ3v) is 2.73. The Kier molecular flexibility index (Phi) is 2.52. The smallest absolute Gasteiger partial charge is 0.181 e. The Labute approximate surface area is 94.1 Å². The van der Waals surface area contributed by atoms with Crippen LogP contribution < -0.4 is 0 Å². The van der Waals surface area contributed by atoms with Gasteiger partial charge in [-0.25, -0.2) is 15.0 Å². The molecule has 0 fully saturated rings. The van der Waals surface area contributed by atoms with Crippen molar-refractivity contribution < 1.29 is 0 Å². The number of imidazole rings is 1. The van der Waals surface area contributed by atoms with Crippen molar-refractivity contribution in [3.8, 4) is 11.5 Å². The number of nitrogens with zero attached hydrogens (tertiary/aromatic N) is 4. The zero-order valence-corrected chi connectivity index (χ0v) is 9.62. The molecule has 0 atom stereocenters. The second-order valence-electron chi connectivity index (χ2n) is 2.76. The summed E-state index contributed by atoms with van der Waals surface area (Å²) in [4.78, 5) is 12.3. The summed E-state index contributed by atoms with van der Waals surface area (Å²) < 4.78 is 2.51. The molecule has 0 saturated carbocycles. The average Bonchev–Trinajstić information content (AvgIpc) is 2.57. The predicted molar refractivity (Wildman–Crippen MR) is 56.9 cm³/mol. The van der Waals surface area contributed by atoms with Gasteiger partial charge in [-0.3, -0.25) is 0 Å². The summed E-state index contributed by atoms with van der Waals surface area (Å²) >= 11 is 9.06. The van der Waals surface area contributed by atoms with Gasteiger partial charge in [0.1, 0.15) is 10.8 Å². The molecule has 2 aromatic heterocycles. The van der Waals surface area contributed by atoms with E-state index >= 15 is 0 Å². The fourth-order valence-electron chi connectivity index (χ4n) is 0.998. The molecule has 2 aromatic rings. The molecule has 0 spiro atoms. The van der Waals surface area contributed by atoms with E-state index in [0.29, 0.717) is 21.1 Å². The van der Waals surface area contributed by atoms with Gasteiger partial charge in [-0.2, -0.15) is 0 Å². The fraction of sp³-hybridized carbons (Fsp3) is 0.125. The van der Waals surface area contributed by atoms with Gasteiger partial charge in [-0.05, 0) is 15.9 Å². The molecule has 0 aliphatic carbocycles. The van der Waals surface area contributed by atoms with Crippen LogP contribution in [0.2, 0.25) is 5.15 Å². The van der Waals surface area contributed by atoms with Crippen molar-refractivity contribution in [3.63, 3.8) is 0 Å². The monoisotopic (exact) mass is 272 g/mol. The Bertz CT molecular complexity index is 468. The van der Waals surface area contributed by atoms with Gasteiger partial charge in [0, 0.05) is 19.4 Å². The van der Waals surface area contributed by atoms with Gasteiger partial charge in [0.25, 0.3) is 0 Å². The Morgan fingerprint density at radius 3 is 2.79 bits per heavy atom. The van der Waals surface area contributed by atoms with E-state index in [-0.39, 0.29) is 0 Å². The molecule has 0 bridgehead atoms. The van der Waals surface area contributed by atoms with Crippen LogP contribution in [0.3, 0.4) is 0 Å². The fourth-order valence-corrected chi connectivity index (χ4v) is 1.32. The molecule has 0 saturated heterocycles. The number of hydrogen-bond acceptors (Lipinski definition) is 3. The van der Waals surface area contributed by atoms with Crippen molar-refractivity contribution in [2.45, 2.75) is 0 Å². The van der Waals surface area contributed by atoms with Crippen molar-refractivity contribution in [2.75, 3.05) is 0 Å². The van der Waals surface area contributed by atoms with Crippen LogP contribution in [0.25, 0.3) is 11.5 Å². The molecule has 0 aliphatic rings. The quantitative estimate of drug-likeness (QED) is 0.749. The summed E-state index contributed by atoms with van der Waals surface area (Å²) in [5.74, 6) is 0.527. The largest absolute Gasteiger partial charge is 0.340 e. The second kappa shape index (κ2) is 3.67. The maximum Gasteiger partial charge on any atom is 0.181 e. The van der Waals surface area contributed by atoms with Crippen LogP contribution in [-0.2, 0) is 7.05 Å². The Morgan fingerprint density at radius 1 is 1.43 bits per heavy atom. The Balaban J connectivity index is 2.47. The molecule has 0 amide bonds. The van der Waals surface area contributed by atoms with E-state index in [1.807, 2.05) is 17.8 Å². The highest BCUT2D eigenvalue weighted by Crippen LogP contribution is 2.21. The Hall–Kier alpha value is -0.940. The molecule has 0 aliphatic heterocycles. The number of halogens is 2. The molecule has 72 valence electrons. The van der Waals surface area contributed by atoms with E-state index in [9.17, 15) is 0 Å². The lowest BCUT2D eigenvalue weighted by Gasteiger charge is -1.97. The molecular weight excluding hydrogens is 267 g/mol. The molecule has 14 heavy (non-hydrogen) atoms. The first-order valence-electron chi connectivity index (χ1n) is 3.83. The molecule has 0 radical (unpaired) electrons. The summed E-state index contributed by atoms with van der Waals surface area (Å²) in [6, 6.07) is 0. The summed E-state index contributed by atoms with van der Waals surface area (Å²) in [7, 11) is 1.89. The minimum Gasteiger partial charge on any atom is -0.340 e. The van der Waals surface area contributed by atoms with Gasteiger partial charge in [0.05, 0.1) is 10.8 Å². The number of aromatic nitrogens is 4. The van der Waals surface area contributed by atoms with Crippen LogP contribution in [0, 0.1) is 0 Å². The van der Waals surface area contributed by atoms with Crippen LogP contribution in [0.15, 0.2) is 23.2 Å². The zero-order valence-electron chi connectivity index (χ0n) is 7.28. The van der Waals surface area contributed by atoms with Gasteiger partial charge in [-0.15, -0.1) is 0 Å². The topological polar surface area (TPSA) is 43.6 Å². The van der Waals surface area contributed by atoms with Crippen LogP contribution in [0.4, 0.5) is 0 Å². The number of hydrogen-bond donors (Lipinski definition) is 0. The lowest BCUT2D eigenvalue weighted by molar-refractivity contribution is 0.913. The third kappa shape index (κ3) is 1.78. The number of rotatable bonds is 1. The highest BCUT2D eigenvalue weighted by molar-refractivity contribution is 9.10. The molecule has 2 rings (SSSR count). The minimum absolute atomic E-state index is 0.389. The summed E-state index contributed by atoms with van der Waals surface area (Å²) in [6.07, 6.45) is 5.13. The molecule has 4 nitrogen and oxygen atoms in total. The Morgan fingerprint density at radius 2 is 2.21 bits per heavy atom. The summed E-state index contributed by atoms with van der Waals surface area (Å²) in [6.45, 7) is 0. The molecule has 0 aromatic carbocycles. The SMILES string of the molecule is Cn1cnc(-c2ncc(Br)c(Cl)n2)c1. The van der Waals surface area contributed by atoms with Crippen LogP contribution in [0.1, 0.15) is 0 Å². The van der Waals surface area contributed by atoms with Crippen molar-refractivity contribution >= 4 is 27.5 Å². The lowest BCUT2D eigenvalue weighted by Crippen LogP contribution is -1.89. The lowest BCUT2D eigenvalue weighted by atomic mass is 10.4. The second-order valence-corrected chi connectivity index (χ2v) is 3.97. The number of aryl methyl sites for hydroxylation is 1. The summed E-state index contributed by atoms with van der Waals surface area (Å²) in [5.41, 5.74) is 0.710. The van der Waals surface area contributed by atoms with E-state index in [1.54, 1.807) is 12.5 Å². The van der Waals surface area contributed by atoms with E-state index in [0.717, 1.165) is 0 Å². The first-order chi connectivity index (χ1) is 6.66. The molecule has 0 N–H and O–H groups in total. The average molecular weight is 274 g/mol.